The van der Waals surface area contributed by atoms with Gasteiger partial charge in [-0.15, -0.1) is 0 Å². The van der Waals surface area contributed by atoms with E-state index in [1.165, 1.54) is 12.3 Å². The third kappa shape index (κ3) is 3.15. The molecule has 0 saturated carbocycles. The normalized spacial score (nSPS) is 11.3. The molecule has 19 heavy (non-hydrogen) atoms. The molecule has 6 heteroatoms. The Labute approximate surface area is 108 Å². The minimum absolute atomic E-state index is 0.187. The summed E-state index contributed by atoms with van der Waals surface area (Å²) in [5, 5.41) is 2.67. The molecule has 1 heterocycles. The maximum Gasteiger partial charge on any atom is 0.419 e. The standard InChI is InChI=1S/C13H12F3N3/c14-13(15,16)10-5-3-7-18-12(10)19-8-9-4-1-2-6-11(9)17/h1-7H,8,17H2,(H,18,19). The zero-order valence-electron chi connectivity index (χ0n) is 9.91. The first-order chi connectivity index (χ1) is 8.98. The molecule has 1 aromatic heterocycles. The number of nitrogen functional groups attached to an aromatic ring is 1. The van der Waals surface area contributed by atoms with Crippen LogP contribution in [-0.2, 0) is 12.7 Å². The fourth-order valence-electron chi connectivity index (χ4n) is 1.65. The summed E-state index contributed by atoms with van der Waals surface area (Å²) in [6, 6.07) is 9.23. The molecule has 0 bridgehead atoms. The fraction of sp³-hybridized carbons (Fsp3) is 0.154. The fourth-order valence-corrected chi connectivity index (χ4v) is 1.65. The van der Waals surface area contributed by atoms with Crippen molar-refractivity contribution >= 4 is 11.5 Å². The van der Waals surface area contributed by atoms with Gasteiger partial charge in [0.15, 0.2) is 0 Å². The van der Waals surface area contributed by atoms with Crippen molar-refractivity contribution < 1.29 is 13.2 Å². The largest absolute Gasteiger partial charge is 0.419 e. The summed E-state index contributed by atoms with van der Waals surface area (Å²) < 4.78 is 38.2. The Balaban J connectivity index is 2.19. The SMILES string of the molecule is Nc1ccccc1CNc1ncccc1C(F)(F)F. The van der Waals surface area contributed by atoms with Crippen LogP contribution in [-0.4, -0.2) is 4.98 Å². The molecule has 1 aromatic carbocycles. The number of nitrogens with zero attached hydrogens (tertiary/aromatic N) is 1. The Morgan fingerprint density at radius 3 is 2.53 bits per heavy atom. The van der Waals surface area contributed by atoms with Gasteiger partial charge in [0.05, 0.1) is 5.56 Å². The highest BCUT2D eigenvalue weighted by molar-refractivity contribution is 5.51. The first-order valence-corrected chi connectivity index (χ1v) is 5.58. The van der Waals surface area contributed by atoms with E-state index < -0.39 is 11.7 Å². The molecule has 0 atom stereocenters. The molecule has 0 aliphatic heterocycles. The summed E-state index contributed by atoms with van der Waals surface area (Å²) in [7, 11) is 0. The van der Waals surface area contributed by atoms with Crippen LogP contribution in [0.1, 0.15) is 11.1 Å². The second-order valence-corrected chi connectivity index (χ2v) is 3.95. The van der Waals surface area contributed by atoms with E-state index in [1.54, 1.807) is 24.3 Å². The summed E-state index contributed by atoms with van der Waals surface area (Å²) in [5.41, 5.74) is 6.19. The Morgan fingerprint density at radius 2 is 1.84 bits per heavy atom. The molecule has 0 radical (unpaired) electrons. The number of hydrogen-bond donors (Lipinski definition) is 2. The summed E-state index contributed by atoms with van der Waals surface area (Å²) in [5.74, 6) is -0.196. The number of benzene rings is 1. The number of anilines is 2. The maximum absolute atomic E-state index is 12.7. The zero-order chi connectivity index (χ0) is 13.9. The van der Waals surface area contributed by atoms with E-state index in [-0.39, 0.29) is 12.4 Å². The Kier molecular flexibility index (Phi) is 3.59. The predicted octanol–water partition coefficient (Wildman–Crippen LogP) is 3.29. The van der Waals surface area contributed by atoms with Crippen molar-refractivity contribution in [1.82, 2.24) is 4.98 Å². The number of nitrogens with one attached hydrogen (secondary N) is 1. The van der Waals surface area contributed by atoms with Crippen molar-refractivity contribution in [2.45, 2.75) is 12.7 Å². The second kappa shape index (κ2) is 5.17. The Morgan fingerprint density at radius 1 is 1.11 bits per heavy atom. The van der Waals surface area contributed by atoms with Crippen LogP contribution < -0.4 is 11.1 Å². The third-order valence-electron chi connectivity index (χ3n) is 2.61. The third-order valence-corrected chi connectivity index (χ3v) is 2.61. The number of halogens is 3. The topological polar surface area (TPSA) is 50.9 Å². The molecule has 3 nitrogen and oxygen atoms in total. The maximum atomic E-state index is 12.7. The molecule has 2 aromatic rings. The van der Waals surface area contributed by atoms with E-state index in [0.717, 1.165) is 11.6 Å². The van der Waals surface area contributed by atoms with Gasteiger partial charge in [-0.25, -0.2) is 4.98 Å². The van der Waals surface area contributed by atoms with Crippen molar-refractivity contribution in [2.24, 2.45) is 0 Å². The van der Waals surface area contributed by atoms with Crippen molar-refractivity contribution in [3.8, 4) is 0 Å². The molecule has 0 aliphatic carbocycles. The van der Waals surface area contributed by atoms with Gasteiger partial charge in [0.2, 0.25) is 0 Å². The van der Waals surface area contributed by atoms with Gasteiger partial charge in [-0.05, 0) is 23.8 Å². The van der Waals surface area contributed by atoms with Crippen LogP contribution in [0.4, 0.5) is 24.7 Å². The van der Waals surface area contributed by atoms with E-state index in [4.69, 9.17) is 5.73 Å². The van der Waals surface area contributed by atoms with Crippen LogP contribution in [0.5, 0.6) is 0 Å². The summed E-state index contributed by atoms with van der Waals surface area (Å²) in [6.07, 6.45) is -3.12. The molecule has 100 valence electrons. The van der Waals surface area contributed by atoms with Crippen LogP contribution in [0.15, 0.2) is 42.6 Å². The van der Waals surface area contributed by atoms with Gasteiger partial charge in [0.25, 0.3) is 0 Å². The summed E-state index contributed by atoms with van der Waals surface area (Å²) >= 11 is 0. The van der Waals surface area contributed by atoms with Gasteiger partial charge in [0, 0.05) is 18.4 Å². The minimum Gasteiger partial charge on any atom is -0.398 e. The van der Waals surface area contributed by atoms with Gasteiger partial charge in [-0.3, -0.25) is 0 Å². The van der Waals surface area contributed by atoms with Gasteiger partial charge in [0.1, 0.15) is 5.82 Å². The van der Waals surface area contributed by atoms with Crippen molar-refractivity contribution in [2.75, 3.05) is 11.1 Å². The predicted molar refractivity (Wildman–Crippen MR) is 67.4 cm³/mol. The molecular formula is C13H12F3N3. The molecule has 2 rings (SSSR count). The molecule has 3 N–H and O–H groups in total. The van der Waals surface area contributed by atoms with Crippen LogP contribution in [0.3, 0.4) is 0 Å². The van der Waals surface area contributed by atoms with Crippen molar-refractivity contribution in [3.63, 3.8) is 0 Å². The van der Waals surface area contributed by atoms with Gasteiger partial charge >= 0.3 is 6.18 Å². The van der Waals surface area contributed by atoms with E-state index in [1.807, 2.05) is 0 Å². The van der Waals surface area contributed by atoms with Crippen LogP contribution in [0.2, 0.25) is 0 Å². The number of para-hydroxylation sites is 1. The average Bonchev–Trinajstić information content (AvgIpc) is 2.37. The van der Waals surface area contributed by atoms with Crippen LogP contribution >= 0.6 is 0 Å². The molecule has 0 aliphatic rings. The number of rotatable bonds is 3. The highest BCUT2D eigenvalue weighted by Gasteiger charge is 2.33. The number of alkyl halides is 3. The van der Waals surface area contributed by atoms with E-state index in [2.05, 4.69) is 10.3 Å². The number of hydrogen-bond acceptors (Lipinski definition) is 3. The first-order valence-electron chi connectivity index (χ1n) is 5.58. The van der Waals surface area contributed by atoms with E-state index in [9.17, 15) is 13.2 Å². The molecule has 0 fully saturated rings. The molecule has 0 spiro atoms. The summed E-state index contributed by atoms with van der Waals surface area (Å²) in [4.78, 5) is 3.72. The highest BCUT2D eigenvalue weighted by atomic mass is 19.4. The van der Waals surface area contributed by atoms with Crippen LogP contribution in [0.25, 0.3) is 0 Å². The van der Waals surface area contributed by atoms with Gasteiger partial charge in [-0.1, -0.05) is 18.2 Å². The average molecular weight is 267 g/mol. The smallest absolute Gasteiger partial charge is 0.398 e. The van der Waals surface area contributed by atoms with Gasteiger partial charge < -0.3 is 11.1 Å². The molecule has 0 amide bonds. The quantitative estimate of drug-likeness (QED) is 0.839. The van der Waals surface area contributed by atoms with Crippen molar-refractivity contribution in [3.05, 3.63) is 53.7 Å². The lowest BCUT2D eigenvalue weighted by Gasteiger charge is -2.13. The second-order valence-electron chi connectivity index (χ2n) is 3.95. The summed E-state index contributed by atoms with van der Waals surface area (Å²) in [6.45, 7) is 0.187. The van der Waals surface area contributed by atoms with E-state index in [0.29, 0.717) is 5.69 Å². The number of nitrogens with two attached hydrogens (primary N) is 1. The highest BCUT2D eigenvalue weighted by Crippen LogP contribution is 2.33. The number of aromatic nitrogens is 1. The zero-order valence-corrected chi connectivity index (χ0v) is 9.91. The van der Waals surface area contributed by atoms with Crippen molar-refractivity contribution in [1.29, 1.82) is 0 Å². The minimum atomic E-state index is -4.43. The lowest BCUT2D eigenvalue weighted by Crippen LogP contribution is -2.12. The van der Waals surface area contributed by atoms with Crippen LogP contribution in [0, 0.1) is 0 Å². The lowest BCUT2D eigenvalue weighted by atomic mass is 10.2. The monoisotopic (exact) mass is 267 g/mol. The lowest BCUT2D eigenvalue weighted by molar-refractivity contribution is -0.137. The number of pyridine rings is 1. The molecular weight excluding hydrogens is 255 g/mol. The Bertz CT molecular complexity index is 567. The van der Waals surface area contributed by atoms with Gasteiger partial charge in [-0.2, -0.15) is 13.2 Å². The molecule has 0 unspecified atom stereocenters. The van der Waals surface area contributed by atoms with E-state index >= 15 is 0 Å². The Hall–Kier alpha value is -2.24. The molecule has 0 saturated heterocycles. The first kappa shape index (κ1) is 13.2.